The van der Waals surface area contributed by atoms with E-state index in [1.54, 1.807) is 55.5 Å². The van der Waals surface area contributed by atoms with Crippen molar-refractivity contribution >= 4 is 27.5 Å². The predicted octanol–water partition coefficient (Wildman–Crippen LogP) is 5.46. The summed E-state index contributed by atoms with van der Waals surface area (Å²) < 4.78 is 34.6. The molecule has 4 rings (SSSR count). The van der Waals surface area contributed by atoms with E-state index in [2.05, 4.69) is 5.32 Å². The molecule has 0 spiro atoms. The van der Waals surface area contributed by atoms with E-state index in [4.69, 9.17) is 4.74 Å². The number of hydrogen-bond acceptors (Lipinski definition) is 5. The van der Waals surface area contributed by atoms with E-state index in [1.165, 1.54) is 4.90 Å². The molecule has 0 saturated heterocycles. The Kier molecular flexibility index (Phi) is 10.6. The van der Waals surface area contributed by atoms with Gasteiger partial charge in [0.15, 0.2) is 0 Å². The number of hydrogen-bond donors (Lipinski definition) is 1. The van der Waals surface area contributed by atoms with Crippen LogP contribution in [0.4, 0.5) is 5.69 Å². The molecule has 224 valence electrons. The molecule has 0 bridgehead atoms. The minimum atomic E-state index is -4.12. The summed E-state index contributed by atoms with van der Waals surface area (Å²) in [5.41, 5.74) is 2.09. The molecule has 1 aliphatic carbocycles. The van der Waals surface area contributed by atoms with Gasteiger partial charge < -0.3 is 15.0 Å². The quantitative estimate of drug-likeness (QED) is 0.302. The van der Waals surface area contributed by atoms with Crippen LogP contribution in [-0.4, -0.2) is 50.4 Å². The number of amides is 2. The molecule has 0 unspecified atom stereocenters. The summed E-state index contributed by atoms with van der Waals surface area (Å²) in [5.74, 6) is -0.117. The molecular weight excluding hydrogens is 550 g/mol. The van der Waals surface area contributed by atoms with Crippen molar-refractivity contribution in [1.82, 2.24) is 10.2 Å². The van der Waals surface area contributed by atoms with Crippen molar-refractivity contribution < 1.29 is 22.7 Å². The van der Waals surface area contributed by atoms with Gasteiger partial charge in [0.2, 0.25) is 11.8 Å². The first-order valence-electron chi connectivity index (χ1n) is 14.6. The Bertz CT molecular complexity index is 1420. The molecule has 9 heteroatoms. The number of sulfonamides is 1. The monoisotopic (exact) mass is 591 g/mol. The van der Waals surface area contributed by atoms with E-state index in [0.29, 0.717) is 18.0 Å². The van der Waals surface area contributed by atoms with Crippen LogP contribution in [0.15, 0.2) is 83.8 Å². The average molecular weight is 592 g/mol. The zero-order valence-electron chi connectivity index (χ0n) is 24.7. The van der Waals surface area contributed by atoms with Crippen molar-refractivity contribution in [1.29, 1.82) is 0 Å². The van der Waals surface area contributed by atoms with Gasteiger partial charge in [0.25, 0.3) is 10.0 Å². The first-order chi connectivity index (χ1) is 20.2. The second-order valence-corrected chi connectivity index (χ2v) is 12.6. The summed E-state index contributed by atoms with van der Waals surface area (Å²) >= 11 is 0. The third-order valence-electron chi connectivity index (χ3n) is 7.64. The van der Waals surface area contributed by atoms with Crippen LogP contribution in [0.1, 0.15) is 57.1 Å². The van der Waals surface area contributed by atoms with Crippen molar-refractivity contribution in [3.63, 3.8) is 0 Å². The molecule has 0 aliphatic heterocycles. The number of anilines is 1. The molecule has 2 amide bonds. The third-order valence-corrected chi connectivity index (χ3v) is 9.43. The predicted molar refractivity (Wildman–Crippen MR) is 165 cm³/mol. The summed E-state index contributed by atoms with van der Waals surface area (Å²) in [6, 6.07) is 21.9. The van der Waals surface area contributed by atoms with Crippen molar-refractivity contribution in [2.75, 3.05) is 17.5 Å². The van der Waals surface area contributed by atoms with Crippen LogP contribution in [0.2, 0.25) is 0 Å². The van der Waals surface area contributed by atoms with Crippen molar-refractivity contribution in [3.05, 3.63) is 90.0 Å². The fourth-order valence-corrected chi connectivity index (χ4v) is 6.59. The van der Waals surface area contributed by atoms with Gasteiger partial charge in [-0.3, -0.25) is 13.9 Å². The first-order valence-corrected chi connectivity index (χ1v) is 16.1. The van der Waals surface area contributed by atoms with Crippen LogP contribution in [0.3, 0.4) is 0 Å². The van der Waals surface area contributed by atoms with E-state index in [9.17, 15) is 18.0 Å². The van der Waals surface area contributed by atoms with Gasteiger partial charge in [-0.25, -0.2) is 8.42 Å². The van der Waals surface area contributed by atoms with Gasteiger partial charge in [0.05, 0.1) is 17.2 Å². The lowest BCUT2D eigenvalue weighted by atomic mass is 9.95. The smallest absolute Gasteiger partial charge is 0.264 e. The summed E-state index contributed by atoms with van der Waals surface area (Å²) in [4.78, 5) is 29.0. The Morgan fingerprint density at radius 2 is 1.57 bits per heavy atom. The second kappa shape index (κ2) is 14.4. The van der Waals surface area contributed by atoms with Crippen molar-refractivity contribution in [2.45, 2.75) is 76.4 Å². The summed E-state index contributed by atoms with van der Waals surface area (Å²) in [6.07, 6.45) is 5.15. The fraction of sp³-hybridized carbons (Fsp3) is 0.394. The zero-order valence-corrected chi connectivity index (χ0v) is 25.5. The number of aryl methyl sites for hydroxylation is 1. The van der Waals surface area contributed by atoms with E-state index < -0.39 is 28.5 Å². The topological polar surface area (TPSA) is 96.0 Å². The molecule has 8 nitrogen and oxygen atoms in total. The maximum atomic E-state index is 14.1. The van der Waals surface area contributed by atoms with Gasteiger partial charge in [-0.05, 0) is 75.6 Å². The van der Waals surface area contributed by atoms with Crippen LogP contribution in [0.25, 0.3) is 0 Å². The van der Waals surface area contributed by atoms with Gasteiger partial charge in [0.1, 0.15) is 18.3 Å². The average Bonchev–Trinajstić information content (AvgIpc) is 3.00. The van der Waals surface area contributed by atoms with Gasteiger partial charge in [-0.15, -0.1) is 0 Å². The lowest BCUT2D eigenvalue weighted by Crippen LogP contribution is -2.53. The zero-order chi connectivity index (χ0) is 30.1. The number of carbonyl (C=O) groups excluding carboxylic acids is 2. The molecule has 0 heterocycles. The molecular formula is C33H41N3O5S. The van der Waals surface area contributed by atoms with Crippen LogP contribution in [0, 0.1) is 6.92 Å². The molecule has 1 saturated carbocycles. The Labute approximate surface area is 249 Å². The second-order valence-electron chi connectivity index (χ2n) is 10.8. The molecule has 1 N–H and O–H groups in total. The lowest BCUT2D eigenvalue weighted by molar-refractivity contribution is -0.139. The minimum absolute atomic E-state index is 0.0764. The number of ether oxygens (including phenoxy) is 1. The van der Waals surface area contributed by atoms with Crippen molar-refractivity contribution in [3.8, 4) is 5.75 Å². The Hall–Kier alpha value is -3.85. The van der Waals surface area contributed by atoms with Gasteiger partial charge >= 0.3 is 0 Å². The molecule has 0 radical (unpaired) electrons. The summed E-state index contributed by atoms with van der Waals surface area (Å²) in [6.45, 7) is 5.62. The third kappa shape index (κ3) is 7.91. The Morgan fingerprint density at radius 1 is 0.929 bits per heavy atom. The standard InChI is InChI=1S/C33H41N3O5S/c1-4-41-30-19-17-29(18-20-30)36(42(39,40)31-21-15-25(2)16-22-31)24-32(37)35(23-27-11-7-5-8-12-27)26(3)33(38)34-28-13-9-6-10-14-28/h5,7-8,11-12,15-22,26,28H,4,6,9-10,13-14,23-24H2,1-3H3,(H,34,38)/t26-/m0/s1. The van der Waals surface area contributed by atoms with Gasteiger partial charge in [0, 0.05) is 12.6 Å². The molecule has 1 fully saturated rings. The number of nitrogens with one attached hydrogen (secondary N) is 1. The van der Waals surface area contributed by atoms with Crippen LogP contribution < -0.4 is 14.4 Å². The minimum Gasteiger partial charge on any atom is -0.494 e. The van der Waals surface area contributed by atoms with E-state index in [1.807, 2.05) is 44.2 Å². The van der Waals surface area contributed by atoms with E-state index in [0.717, 1.165) is 47.5 Å². The highest BCUT2D eigenvalue weighted by atomic mass is 32.2. The fourth-order valence-electron chi connectivity index (χ4n) is 5.17. The van der Waals surface area contributed by atoms with Crippen molar-refractivity contribution in [2.24, 2.45) is 0 Å². The first kappa shape index (κ1) is 31.1. The van der Waals surface area contributed by atoms with Crippen LogP contribution in [-0.2, 0) is 26.2 Å². The van der Waals surface area contributed by atoms with E-state index in [-0.39, 0.29) is 23.4 Å². The molecule has 1 aliphatic rings. The highest BCUT2D eigenvalue weighted by Gasteiger charge is 2.33. The maximum Gasteiger partial charge on any atom is 0.264 e. The number of rotatable bonds is 12. The largest absolute Gasteiger partial charge is 0.494 e. The van der Waals surface area contributed by atoms with Crippen LogP contribution in [0.5, 0.6) is 5.75 Å². The highest BCUT2D eigenvalue weighted by Crippen LogP contribution is 2.27. The van der Waals surface area contributed by atoms with Gasteiger partial charge in [-0.2, -0.15) is 0 Å². The number of benzene rings is 3. The highest BCUT2D eigenvalue weighted by molar-refractivity contribution is 7.92. The summed E-state index contributed by atoms with van der Waals surface area (Å²) in [7, 11) is -4.12. The molecule has 1 atom stereocenters. The molecule has 0 aromatic heterocycles. The summed E-state index contributed by atoms with van der Waals surface area (Å²) in [5, 5.41) is 3.13. The normalized spacial score (nSPS) is 14.5. The van der Waals surface area contributed by atoms with Gasteiger partial charge in [-0.1, -0.05) is 67.3 Å². The molecule has 3 aromatic carbocycles. The maximum absolute atomic E-state index is 14.1. The Balaban J connectivity index is 1.66. The molecule has 3 aromatic rings. The Morgan fingerprint density at radius 3 is 2.19 bits per heavy atom. The SMILES string of the molecule is CCOc1ccc(N(CC(=O)N(Cc2ccccc2)[C@@H](C)C(=O)NC2CCCCC2)S(=O)(=O)c2ccc(C)cc2)cc1. The number of nitrogens with zero attached hydrogens (tertiary/aromatic N) is 2. The number of carbonyl (C=O) groups is 2. The van der Waals surface area contributed by atoms with Crippen LogP contribution >= 0.6 is 0 Å². The lowest BCUT2D eigenvalue weighted by Gasteiger charge is -2.33. The molecule has 42 heavy (non-hydrogen) atoms. The van der Waals surface area contributed by atoms with E-state index >= 15 is 0 Å².